The predicted octanol–water partition coefficient (Wildman–Crippen LogP) is 5.17. The number of thiophene rings is 1. The van der Waals surface area contributed by atoms with Crippen molar-refractivity contribution in [3.05, 3.63) is 63.3 Å². The third-order valence-corrected chi connectivity index (χ3v) is 7.86. The molecular weight excluding hydrogens is 388 g/mol. The van der Waals surface area contributed by atoms with Crippen molar-refractivity contribution >= 4 is 28.6 Å². The number of hydrogen-bond acceptors (Lipinski definition) is 5. The van der Waals surface area contributed by atoms with Gasteiger partial charge in [-0.3, -0.25) is 4.79 Å². The number of carbonyl (C=O) groups is 1. The topological polar surface area (TPSA) is 62.2 Å². The lowest BCUT2D eigenvalue weighted by atomic mass is 9.84. The minimum atomic E-state index is -0.446. The molecule has 0 radical (unpaired) electrons. The number of aliphatic hydroxyl groups is 1. The minimum Gasteiger partial charge on any atom is -0.388 e. The van der Waals surface area contributed by atoms with Crippen LogP contribution in [-0.4, -0.2) is 22.5 Å². The van der Waals surface area contributed by atoms with Gasteiger partial charge in [0.15, 0.2) is 0 Å². The number of nitrogens with zero attached hydrogens (tertiary/aromatic N) is 1. The van der Waals surface area contributed by atoms with Crippen molar-refractivity contribution in [1.29, 1.82) is 0 Å². The molecule has 3 aromatic rings. The van der Waals surface area contributed by atoms with E-state index in [0.29, 0.717) is 12.2 Å². The average molecular weight is 413 g/mol. The Bertz CT molecular complexity index is 940. The number of aliphatic hydroxyl groups excluding tert-OH is 1. The lowest BCUT2D eigenvalue weighted by Crippen LogP contribution is -2.38. The van der Waals surface area contributed by atoms with Gasteiger partial charge in [0, 0.05) is 32.7 Å². The number of aromatic nitrogens is 1. The molecule has 1 aliphatic carbocycles. The van der Waals surface area contributed by atoms with Crippen LogP contribution in [0.25, 0.3) is 10.6 Å². The summed E-state index contributed by atoms with van der Waals surface area (Å²) in [6, 6.07) is 14.1. The van der Waals surface area contributed by atoms with Crippen molar-refractivity contribution in [2.45, 2.75) is 44.1 Å². The summed E-state index contributed by atoms with van der Waals surface area (Å²) in [5, 5.41) is 15.7. The summed E-state index contributed by atoms with van der Waals surface area (Å²) in [5.41, 5.74) is 1.49. The van der Waals surface area contributed by atoms with Gasteiger partial charge in [0.1, 0.15) is 10.7 Å². The fraction of sp³-hybridized carbons (Fsp3) is 0.364. The quantitative estimate of drug-likeness (QED) is 0.587. The molecule has 2 heterocycles. The molecule has 6 heteroatoms. The zero-order valence-electron chi connectivity index (χ0n) is 15.9. The van der Waals surface area contributed by atoms with Crippen LogP contribution >= 0.6 is 22.7 Å². The molecule has 0 bridgehead atoms. The van der Waals surface area contributed by atoms with E-state index in [1.54, 1.807) is 18.3 Å². The number of nitrogens with one attached hydrogen (secondary N) is 1. The Balaban J connectivity index is 1.47. The lowest BCUT2D eigenvalue weighted by molar-refractivity contribution is 0.0939. The van der Waals surface area contributed by atoms with E-state index in [2.05, 4.69) is 16.4 Å². The maximum Gasteiger partial charge on any atom is 0.270 e. The second kappa shape index (κ2) is 8.15. The van der Waals surface area contributed by atoms with Crippen LogP contribution in [0.3, 0.4) is 0 Å². The van der Waals surface area contributed by atoms with Crippen molar-refractivity contribution in [2.24, 2.45) is 0 Å². The molecule has 1 aliphatic rings. The Morgan fingerprint density at radius 1 is 1.21 bits per heavy atom. The molecule has 1 atom stereocenters. The standard InChI is InChI=1S/C22H24N2O2S2/c1-15(25)18-9-10-19(28-18)22(11-5-6-12-22)14-23-20(26)17-13-27-21(24-17)16-7-3-2-4-8-16/h2-4,7-10,13,15,25H,5-6,11-12,14H2,1H3,(H,23,26)/t15-/m0/s1. The summed E-state index contributed by atoms with van der Waals surface area (Å²) in [7, 11) is 0. The van der Waals surface area contributed by atoms with Crippen molar-refractivity contribution in [2.75, 3.05) is 6.54 Å². The second-order valence-corrected chi connectivity index (χ2v) is 9.43. The smallest absolute Gasteiger partial charge is 0.270 e. The molecular formula is C22H24N2O2S2. The first-order valence-electron chi connectivity index (χ1n) is 9.65. The maximum absolute atomic E-state index is 12.7. The molecule has 146 valence electrons. The SMILES string of the molecule is C[C@H](O)c1ccc(C2(CNC(=O)c3csc(-c4ccccc4)n3)CCCC2)s1. The van der Waals surface area contributed by atoms with E-state index in [-0.39, 0.29) is 11.3 Å². The molecule has 28 heavy (non-hydrogen) atoms. The number of rotatable bonds is 6. The van der Waals surface area contributed by atoms with E-state index < -0.39 is 6.10 Å². The fourth-order valence-corrected chi connectivity index (χ4v) is 5.85. The van der Waals surface area contributed by atoms with Crippen LogP contribution < -0.4 is 5.32 Å². The van der Waals surface area contributed by atoms with Crippen molar-refractivity contribution in [3.8, 4) is 10.6 Å². The van der Waals surface area contributed by atoms with Crippen LogP contribution in [0.1, 0.15) is 59.0 Å². The first-order valence-corrected chi connectivity index (χ1v) is 11.3. The number of amides is 1. The molecule has 4 nitrogen and oxygen atoms in total. The number of benzene rings is 1. The van der Waals surface area contributed by atoms with Crippen LogP contribution in [0.5, 0.6) is 0 Å². The summed E-state index contributed by atoms with van der Waals surface area (Å²) in [6.07, 6.45) is 4.04. The Morgan fingerprint density at radius 2 is 1.96 bits per heavy atom. The van der Waals surface area contributed by atoms with Crippen LogP contribution in [0.4, 0.5) is 0 Å². The Hall–Kier alpha value is -2.02. The molecule has 1 fully saturated rings. The van der Waals surface area contributed by atoms with Gasteiger partial charge in [-0.25, -0.2) is 4.98 Å². The summed E-state index contributed by atoms with van der Waals surface area (Å²) < 4.78 is 0. The highest BCUT2D eigenvalue weighted by Crippen LogP contribution is 2.44. The predicted molar refractivity (Wildman–Crippen MR) is 115 cm³/mol. The minimum absolute atomic E-state index is 0.0221. The fourth-order valence-electron chi connectivity index (χ4n) is 3.86. The lowest BCUT2D eigenvalue weighted by Gasteiger charge is -2.28. The van der Waals surface area contributed by atoms with Gasteiger partial charge in [-0.15, -0.1) is 22.7 Å². The Morgan fingerprint density at radius 3 is 2.64 bits per heavy atom. The Kier molecular flexibility index (Phi) is 5.62. The number of thiazole rings is 1. The van der Waals surface area contributed by atoms with E-state index >= 15 is 0 Å². The molecule has 0 spiro atoms. The maximum atomic E-state index is 12.7. The third kappa shape index (κ3) is 3.90. The van der Waals surface area contributed by atoms with E-state index in [1.165, 1.54) is 29.1 Å². The van der Waals surface area contributed by atoms with Crippen molar-refractivity contribution in [1.82, 2.24) is 10.3 Å². The van der Waals surface area contributed by atoms with Crippen LogP contribution in [0.2, 0.25) is 0 Å². The largest absolute Gasteiger partial charge is 0.388 e. The molecule has 1 saturated carbocycles. The van der Waals surface area contributed by atoms with Gasteiger partial charge < -0.3 is 10.4 Å². The highest BCUT2D eigenvalue weighted by molar-refractivity contribution is 7.13. The molecule has 2 aromatic heterocycles. The third-order valence-electron chi connectivity index (χ3n) is 5.47. The van der Waals surface area contributed by atoms with E-state index in [0.717, 1.165) is 28.3 Å². The summed E-state index contributed by atoms with van der Waals surface area (Å²) in [4.78, 5) is 19.5. The van der Waals surface area contributed by atoms with Gasteiger partial charge in [-0.1, -0.05) is 43.2 Å². The highest BCUT2D eigenvalue weighted by Gasteiger charge is 2.37. The summed E-state index contributed by atoms with van der Waals surface area (Å²) in [5.74, 6) is -0.114. The zero-order valence-corrected chi connectivity index (χ0v) is 17.5. The van der Waals surface area contributed by atoms with Gasteiger partial charge in [-0.2, -0.15) is 0 Å². The average Bonchev–Trinajstić information content (AvgIpc) is 3.47. The second-order valence-electron chi connectivity index (χ2n) is 7.45. The van der Waals surface area contributed by atoms with Crippen LogP contribution in [0, 0.1) is 0 Å². The zero-order chi connectivity index (χ0) is 19.6. The number of carbonyl (C=O) groups excluding carboxylic acids is 1. The molecule has 1 amide bonds. The molecule has 2 N–H and O–H groups in total. The molecule has 4 rings (SSSR count). The molecule has 0 aliphatic heterocycles. The van der Waals surface area contributed by atoms with E-state index in [4.69, 9.17) is 0 Å². The summed E-state index contributed by atoms with van der Waals surface area (Å²) in [6.45, 7) is 2.41. The monoisotopic (exact) mass is 412 g/mol. The molecule has 0 unspecified atom stereocenters. The first-order chi connectivity index (χ1) is 13.6. The highest BCUT2D eigenvalue weighted by atomic mass is 32.1. The number of hydrogen-bond donors (Lipinski definition) is 2. The van der Waals surface area contributed by atoms with Crippen molar-refractivity contribution in [3.63, 3.8) is 0 Å². The van der Waals surface area contributed by atoms with Crippen LogP contribution in [-0.2, 0) is 5.41 Å². The first kappa shape index (κ1) is 19.3. The normalized spacial score (nSPS) is 16.8. The molecule has 0 saturated heterocycles. The van der Waals surface area contributed by atoms with Crippen molar-refractivity contribution < 1.29 is 9.90 Å². The van der Waals surface area contributed by atoms with Gasteiger partial charge in [0.2, 0.25) is 0 Å². The Labute approximate surface area is 173 Å². The van der Waals surface area contributed by atoms with E-state index in [1.807, 2.05) is 41.8 Å². The molecule has 1 aromatic carbocycles. The summed E-state index contributed by atoms with van der Waals surface area (Å²) >= 11 is 3.16. The van der Waals surface area contributed by atoms with E-state index in [9.17, 15) is 9.90 Å². The van der Waals surface area contributed by atoms with Gasteiger partial charge in [0.05, 0.1) is 6.10 Å². The van der Waals surface area contributed by atoms with Gasteiger partial charge in [-0.05, 0) is 31.9 Å². The van der Waals surface area contributed by atoms with Gasteiger partial charge >= 0.3 is 0 Å². The van der Waals surface area contributed by atoms with Gasteiger partial charge in [0.25, 0.3) is 5.91 Å². The van der Waals surface area contributed by atoms with Crippen LogP contribution in [0.15, 0.2) is 47.8 Å².